The summed E-state index contributed by atoms with van der Waals surface area (Å²) < 4.78 is 23.2. The van der Waals surface area contributed by atoms with Gasteiger partial charge in [0.2, 0.25) is 0 Å². The maximum atomic E-state index is 11.6. The largest absolute Gasteiger partial charge is 0.396 e. The summed E-state index contributed by atoms with van der Waals surface area (Å²) in [6, 6.07) is 0. The molecule has 0 amide bonds. The van der Waals surface area contributed by atoms with E-state index in [0.717, 1.165) is 6.42 Å². The Morgan fingerprint density at radius 1 is 1.57 bits per heavy atom. The number of nitrogens with two attached hydrogens (primary N) is 1. The number of hydrogen-bond acceptors (Lipinski definition) is 4. The average molecular weight is 221 g/mol. The summed E-state index contributed by atoms with van der Waals surface area (Å²) >= 11 is 0. The molecule has 0 radical (unpaired) electrons. The van der Waals surface area contributed by atoms with Gasteiger partial charge in [0.25, 0.3) is 0 Å². The van der Waals surface area contributed by atoms with Gasteiger partial charge in [0.15, 0.2) is 9.84 Å². The van der Waals surface area contributed by atoms with Gasteiger partial charge >= 0.3 is 0 Å². The first-order valence-corrected chi connectivity index (χ1v) is 6.74. The van der Waals surface area contributed by atoms with Crippen molar-refractivity contribution in [3.05, 3.63) is 0 Å². The molecule has 0 aromatic carbocycles. The SMILES string of the molecule is CCS(=O)(=O)[C@H]1CC[C@](CN)(CO)C1. The van der Waals surface area contributed by atoms with E-state index in [9.17, 15) is 13.5 Å². The van der Waals surface area contributed by atoms with Crippen LogP contribution in [0.5, 0.6) is 0 Å². The fraction of sp³-hybridized carbons (Fsp3) is 1.00. The monoisotopic (exact) mass is 221 g/mol. The standard InChI is InChI=1S/C9H19NO3S/c1-2-14(12,13)8-3-4-9(5-8,6-10)7-11/h8,11H,2-7,10H2,1H3/t8-,9-/m0/s1. The second kappa shape index (κ2) is 4.16. The number of aliphatic hydroxyl groups is 1. The van der Waals surface area contributed by atoms with Crippen LogP contribution in [0.4, 0.5) is 0 Å². The fourth-order valence-corrected chi connectivity index (χ4v) is 3.65. The molecule has 0 aliphatic heterocycles. The molecule has 84 valence electrons. The smallest absolute Gasteiger partial charge is 0.152 e. The Morgan fingerprint density at radius 2 is 2.21 bits per heavy atom. The molecule has 0 unspecified atom stereocenters. The zero-order valence-electron chi connectivity index (χ0n) is 8.57. The average Bonchev–Trinajstić information content (AvgIpc) is 2.63. The number of rotatable bonds is 4. The van der Waals surface area contributed by atoms with Crippen molar-refractivity contribution in [2.24, 2.45) is 11.1 Å². The Morgan fingerprint density at radius 3 is 2.57 bits per heavy atom. The van der Waals surface area contributed by atoms with Gasteiger partial charge in [-0.15, -0.1) is 0 Å². The van der Waals surface area contributed by atoms with Gasteiger partial charge in [-0.3, -0.25) is 0 Å². The molecule has 1 aliphatic rings. The number of hydrogen-bond donors (Lipinski definition) is 2. The van der Waals surface area contributed by atoms with E-state index in [1.54, 1.807) is 6.92 Å². The van der Waals surface area contributed by atoms with Gasteiger partial charge in [-0.2, -0.15) is 0 Å². The summed E-state index contributed by atoms with van der Waals surface area (Å²) in [7, 11) is -2.96. The molecule has 0 saturated heterocycles. The van der Waals surface area contributed by atoms with Crippen LogP contribution in [0.3, 0.4) is 0 Å². The Hall–Kier alpha value is -0.130. The first-order chi connectivity index (χ1) is 6.49. The van der Waals surface area contributed by atoms with Gasteiger partial charge in [-0.05, 0) is 19.3 Å². The highest BCUT2D eigenvalue weighted by atomic mass is 32.2. The summed E-state index contributed by atoms with van der Waals surface area (Å²) in [5.41, 5.74) is 5.23. The minimum absolute atomic E-state index is 0.000760. The first-order valence-electron chi connectivity index (χ1n) is 5.02. The highest BCUT2D eigenvalue weighted by Crippen LogP contribution is 2.40. The molecule has 0 heterocycles. The van der Waals surface area contributed by atoms with Crippen LogP contribution in [0.2, 0.25) is 0 Å². The molecule has 0 bridgehead atoms. The van der Waals surface area contributed by atoms with Crippen molar-refractivity contribution >= 4 is 9.84 Å². The molecule has 1 fully saturated rings. The minimum atomic E-state index is -2.96. The lowest BCUT2D eigenvalue weighted by Gasteiger charge is -2.24. The van der Waals surface area contributed by atoms with Crippen LogP contribution in [0.15, 0.2) is 0 Å². The third-order valence-electron chi connectivity index (χ3n) is 3.34. The zero-order valence-corrected chi connectivity index (χ0v) is 9.39. The van der Waals surface area contributed by atoms with Gasteiger partial charge in [0, 0.05) is 24.3 Å². The van der Waals surface area contributed by atoms with Gasteiger partial charge < -0.3 is 10.8 Å². The summed E-state index contributed by atoms with van der Waals surface area (Å²) in [6.07, 6.45) is 1.90. The molecule has 14 heavy (non-hydrogen) atoms. The molecular formula is C9H19NO3S. The molecule has 5 heteroatoms. The first kappa shape index (κ1) is 11.9. The van der Waals surface area contributed by atoms with E-state index in [1.165, 1.54) is 0 Å². The topological polar surface area (TPSA) is 80.4 Å². The highest BCUT2D eigenvalue weighted by Gasteiger charge is 2.42. The van der Waals surface area contributed by atoms with Gasteiger partial charge in [0.05, 0.1) is 5.25 Å². The van der Waals surface area contributed by atoms with Crippen molar-refractivity contribution in [2.45, 2.75) is 31.4 Å². The highest BCUT2D eigenvalue weighted by molar-refractivity contribution is 7.92. The molecule has 2 atom stereocenters. The Kier molecular flexibility index (Phi) is 3.55. The lowest BCUT2D eigenvalue weighted by atomic mass is 9.88. The zero-order chi connectivity index (χ0) is 10.8. The van der Waals surface area contributed by atoms with Crippen molar-refractivity contribution in [3.8, 4) is 0 Å². The van der Waals surface area contributed by atoms with E-state index in [4.69, 9.17) is 5.73 Å². The van der Waals surface area contributed by atoms with Crippen molar-refractivity contribution in [3.63, 3.8) is 0 Å². The number of sulfone groups is 1. The van der Waals surface area contributed by atoms with Crippen molar-refractivity contribution in [1.29, 1.82) is 0 Å². The van der Waals surface area contributed by atoms with Gasteiger partial charge in [-0.25, -0.2) is 8.42 Å². The Bertz CT molecular complexity index is 282. The van der Waals surface area contributed by atoms with Crippen molar-refractivity contribution < 1.29 is 13.5 Å². The fourth-order valence-electron chi connectivity index (χ4n) is 2.09. The Balaban J connectivity index is 2.74. The second-order valence-corrected chi connectivity index (χ2v) is 6.75. The maximum Gasteiger partial charge on any atom is 0.152 e. The summed E-state index contributed by atoms with van der Waals surface area (Å²) in [4.78, 5) is 0. The van der Waals surface area contributed by atoms with E-state index in [2.05, 4.69) is 0 Å². The lowest BCUT2D eigenvalue weighted by molar-refractivity contribution is 0.138. The summed E-state index contributed by atoms with van der Waals surface area (Å²) in [6.45, 7) is 2.04. The predicted octanol–water partition coefficient (Wildman–Crippen LogP) is -0.0890. The predicted molar refractivity (Wildman–Crippen MR) is 55.7 cm³/mol. The third kappa shape index (κ3) is 2.10. The van der Waals surface area contributed by atoms with Crippen LogP contribution in [0.25, 0.3) is 0 Å². The van der Waals surface area contributed by atoms with E-state index in [-0.39, 0.29) is 23.0 Å². The molecule has 1 saturated carbocycles. The molecule has 0 aromatic rings. The molecule has 3 N–H and O–H groups in total. The molecule has 4 nitrogen and oxygen atoms in total. The summed E-state index contributed by atoms with van der Waals surface area (Å²) in [5.74, 6) is 0.184. The summed E-state index contributed by atoms with van der Waals surface area (Å²) in [5, 5.41) is 8.91. The lowest BCUT2D eigenvalue weighted by Crippen LogP contribution is -2.33. The van der Waals surface area contributed by atoms with E-state index in [1.807, 2.05) is 0 Å². The van der Waals surface area contributed by atoms with Crippen molar-refractivity contribution in [1.82, 2.24) is 0 Å². The van der Waals surface area contributed by atoms with Crippen LogP contribution in [0, 0.1) is 5.41 Å². The molecular weight excluding hydrogens is 202 g/mol. The maximum absolute atomic E-state index is 11.6. The molecule has 1 rings (SSSR count). The number of aliphatic hydroxyl groups excluding tert-OH is 1. The normalized spacial score (nSPS) is 33.5. The van der Waals surface area contributed by atoms with Crippen LogP contribution in [-0.2, 0) is 9.84 Å². The molecule has 0 aromatic heterocycles. The third-order valence-corrected chi connectivity index (χ3v) is 5.56. The molecule has 0 spiro atoms. The van der Waals surface area contributed by atoms with Crippen LogP contribution in [-0.4, -0.2) is 37.7 Å². The van der Waals surface area contributed by atoms with Crippen LogP contribution < -0.4 is 5.73 Å². The van der Waals surface area contributed by atoms with E-state index < -0.39 is 9.84 Å². The van der Waals surface area contributed by atoms with E-state index in [0.29, 0.717) is 19.4 Å². The quantitative estimate of drug-likeness (QED) is 0.695. The van der Waals surface area contributed by atoms with Crippen molar-refractivity contribution in [2.75, 3.05) is 18.9 Å². The van der Waals surface area contributed by atoms with Gasteiger partial charge in [0.1, 0.15) is 0 Å². The van der Waals surface area contributed by atoms with Crippen LogP contribution >= 0.6 is 0 Å². The Labute approximate surface area is 85.4 Å². The van der Waals surface area contributed by atoms with E-state index >= 15 is 0 Å². The van der Waals surface area contributed by atoms with Gasteiger partial charge in [-0.1, -0.05) is 6.92 Å². The molecule has 1 aliphatic carbocycles. The van der Waals surface area contributed by atoms with Crippen LogP contribution in [0.1, 0.15) is 26.2 Å². The minimum Gasteiger partial charge on any atom is -0.396 e. The second-order valence-electron chi connectivity index (χ2n) is 4.18.